The molecule has 330 valence electrons. The second-order valence-corrected chi connectivity index (χ2v) is 18.9. The normalized spacial score (nSPS) is 13.3. The van der Waals surface area contributed by atoms with Crippen LogP contribution in [0.15, 0.2) is 237 Å². The maximum atomic E-state index is 7.27. The average molecular weight is 906 g/mol. The molecule has 1 aliphatic carbocycles. The molecule has 9 aromatic carbocycles. The monoisotopic (exact) mass is 905 g/mol. The Hall–Kier alpha value is -9.52. The quantitative estimate of drug-likeness (QED) is 0.177. The molecule has 6 nitrogen and oxygen atoms in total. The topological polar surface area (TPSA) is 49.8 Å². The lowest BCUT2D eigenvalue weighted by molar-refractivity contribution is 0.436. The van der Waals surface area contributed by atoms with Crippen LogP contribution < -0.4 is 4.74 Å². The van der Waals surface area contributed by atoms with Crippen molar-refractivity contribution in [3.63, 3.8) is 0 Å². The Bertz CT molecular complexity index is 4440. The lowest BCUT2D eigenvalue weighted by atomic mass is 9.66. The van der Waals surface area contributed by atoms with Crippen molar-refractivity contribution < 1.29 is 4.74 Å². The van der Waals surface area contributed by atoms with Crippen LogP contribution in [0.2, 0.25) is 0 Å². The highest BCUT2D eigenvalue weighted by Gasteiger charge is 2.52. The van der Waals surface area contributed by atoms with Crippen LogP contribution in [0.1, 0.15) is 22.3 Å². The van der Waals surface area contributed by atoms with E-state index in [1.807, 2.05) is 12.4 Å². The molecule has 5 aromatic heterocycles. The summed E-state index contributed by atoms with van der Waals surface area (Å²) in [5.74, 6) is 1.62. The summed E-state index contributed by atoms with van der Waals surface area (Å²) in [5, 5.41) is 7.33. The molecule has 6 heterocycles. The van der Waals surface area contributed by atoms with E-state index >= 15 is 0 Å². The highest BCUT2D eigenvalue weighted by Crippen LogP contribution is 2.62. The molecule has 2 aliphatic rings. The summed E-state index contributed by atoms with van der Waals surface area (Å²) in [5.41, 5.74) is 17.9. The Kier molecular flexibility index (Phi) is 7.72. The summed E-state index contributed by atoms with van der Waals surface area (Å²) in [6.45, 7) is 0. The zero-order valence-corrected chi connectivity index (χ0v) is 38.2. The Morgan fingerprint density at radius 1 is 0.296 bits per heavy atom. The minimum Gasteiger partial charge on any atom is -0.457 e. The van der Waals surface area contributed by atoms with E-state index in [0.29, 0.717) is 0 Å². The first kappa shape index (κ1) is 38.4. The molecule has 0 saturated carbocycles. The van der Waals surface area contributed by atoms with E-state index < -0.39 is 5.41 Å². The summed E-state index contributed by atoms with van der Waals surface area (Å²) < 4.78 is 14.4. The van der Waals surface area contributed by atoms with E-state index in [1.165, 1.54) is 43.4 Å². The molecule has 0 amide bonds. The van der Waals surface area contributed by atoms with Gasteiger partial charge in [-0.2, -0.15) is 0 Å². The van der Waals surface area contributed by atoms with Crippen molar-refractivity contribution in [2.75, 3.05) is 0 Å². The van der Waals surface area contributed by atoms with E-state index in [9.17, 15) is 0 Å². The SMILES string of the molecule is c1cc(-n2c3ccccc3c3ccccc32)cc(-n2c3ccccc3c3cc(-c4ccc5c(c4)Oc4cc(-n6c7ccccc7c7ccccc76)ccc4C54c5cccnc5-c5ncccc54)ccc32)c1. The number of ether oxygens (including phenoxy) is 1. The number of hydrogen-bond acceptors (Lipinski definition) is 3. The van der Waals surface area contributed by atoms with E-state index in [-0.39, 0.29) is 0 Å². The van der Waals surface area contributed by atoms with Gasteiger partial charge < -0.3 is 18.4 Å². The Morgan fingerprint density at radius 3 is 1.23 bits per heavy atom. The largest absolute Gasteiger partial charge is 0.457 e. The van der Waals surface area contributed by atoms with E-state index in [0.717, 1.165) is 95.4 Å². The predicted molar refractivity (Wildman–Crippen MR) is 288 cm³/mol. The third kappa shape index (κ3) is 5.15. The number of rotatable bonds is 4. The molecule has 0 N–H and O–H groups in total. The minimum absolute atomic E-state index is 0.709. The summed E-state index contributed by atoms with van der Waals surface area (Å²) in [4.78, 5) is 9.99. The van der Waals surface area contributed by atoms with Gasteiger partial charge in [-0.05, 0) is 107 Å². The van der Waals surface area contributed by atoms with Crippen molar-refractivity contribution in [3.05, 3.63) is 259 Å². The third-order valence-electron chi connectivity index (χ3n) is 15.4. The number of pyridine rings is 2. The van der Waals surface area contributed by atoms with E-state index in [4.69, 9.17) is 14.7 Å². The maximum absolute atomic E-state index is 7.27. The van der Waals surface area contributed by atoms with Crippen LogP contribution in [0, 0.1) is 0 Å². The van der Waals surface area contributed by atoms with Crippen molar-refractivity contribution in [2.24, 2.45) is 0 Å². The third-order valence-corrected chi connectivity index (χ3v) is 15.4. The Labute approximate surface area is 407 Å². The molecule has 0 saturated heterocycles. The van der Waals surface area contributed by atoms with E-state index in [2.05, 4.69) is 238 Å². The fraction of sp³-hybridized carbons (Fsp3) is 0.0154. The molecule has 6 heteroatoms. The van der Waals surface area contributed by atoms with Crippen molar-refractivity contribution in [1.82, 2.24) is 23.7 Å². The first-order valence-corrected chi connectivity index (χ1v) is 24.2. The number of aromatic nitrogens is 5. The van der Waals surface area contributed by atoms with Gasteiger partial charge in [0.25, 0.3) is 0 Å². The highest BCUT2D eigenvalue weighted by molar-refractivity contribution is 6.12. The average Bonchev–Trinajstić information content (AvgIpc) is 4.15. The van der Waals surface area contributed by atoms with Gasteiger partial charge in [-0.3, -0.25) is 9.97 Å². The lowest BCUT2D eigenvalue weighted by Crippen LogP contribution is -2.32. The second-order valence-electron chi connectivity index (χ2n) is 18.9. The fourth-order valence-corrected chi connectivity index (χ4v) is 12.5. The highest BCUT2D eigenvalue weighted by atomic mass is 16.5. The van der Waals surface area contributed by atoms with Crippen molar-refractivity contribution in [2.45, 2.75) is 5.41 Å². The number of nitrogens with zero attached hydrogens (tertiary/aromatic N) is 5. The minimum atomic E-state index is -0.709. The van der Waals surface area contributed by atoms with Gasteiger partial charge in [0.1, 0.15) is 11.5 Å². The summed E-state index contributed by atoms with van der Waals surface area (Å²) in [7, 11) is 0. The summed E-state index contributed by atoms with van der Waals surface area (Å²) in [6.07, 6.45) is 3.75. The number of benzene rings is 9. The van der Waals surface area contributed by atoms with Gasteiger partial charge in [0.2, 0.25) is 0 Å². The van der Waals surface area contributed by atoms with Crippen molar-refractivity contribution in [1.29, 1.82) is 0 Å². The van der Waals surface area contributed by atoms with E-state index in [1.54, 1.807) is 0 Å². The predicted octanol–water partition coefficient (Wildman–Crippen LogP) is 15.9. The van der Waals surface area contributed by atoms with Crippen LogP contribution in [-0.2, 0) is 5.41 Å². The number of para-hydroxylation sites is 5. The first-order valence-electron chi connectivity index (χ1n) is 24.2. The van der Waals surface area contributed by atoms with Gasteiger partial charge in [0.15, 0.2) is 0 Å². The molecule has 16 rings (SSSR count). The van der Waals surface area contributed by atoms with Crippen LogP contribution in [0.4, 0.5) is 0 Å². The van der Waals surface area contributed by atoms with Gasteiger partial charge in [-0.15, -0.1) is 0 Å². The molecule has 71 heavy (non-hydrogen) atoms. The van der Waals surface area contributed by atoms with Crippen LogP contribution >= 0.6 is 0 Å². The van der Waals surface area contributed by atoms with Gasteiger partial charge in [-0.1, -0.05) is 133 Å². The molecule has 1 aliphatic heterocycles. The molecule has 0 fully saturated rings. The summed E-state index contributed by atoms with van der Waals surface area (Å²) >= 11 is 0. The smallest absolute Gasteiger partial charge is 0.134 e. The number of fused-ring (bicyclic) bond motifs is 18. The molecule has 0 atom stereocenters. The van der Waals surface area contributed by atoms with Crippen molar-refractivity contribution in [3.8, 4) is 51.1 Å². The van der Waals surface area contributed by atoms with Crippen LogP contribution in [0.25, 0.3) is 105 Å². The molecule has 0 radical (unpaired) electrons. The van der Waals surface area contributed by atoms with Gasteiger partial charge in [0.05, 0.1) is 49.9 Å². The molecule has 0 unspecified atom stereocenters. The standard InChI is InChI=1S/C65H39N5O/c1-6-23-55-45(16-1)46-17-2-7-24-56(46)68(55)42-14-11-15-43(38-42)69-59-27-10-5-20-49(59)50-36-40(29-33-60(50)69)41-28-31-51-61(37-41)71-62-39-44(70-57-25-8-3-18-47(57)48-19-4-9-26-58(48)70)30-32-52(62)65(51)53-21-12-34-66-63(53)64-54(65)22-13-35-67-64/h1-39H. The van der Waals surface area contributed by atoms with Gasteiger partial charge in [0, 0.05) is 79.0 Å². The van der Waals surface area contributed by atoms with Crippen LogP contribution in [0.3, 0.4) is 0 Å². The van der Waals surface area contributed by atoms with Gasteiger partial charge in [-0.25, -0.2) is 0 Å². The Morgan fingerprint density at radius 2 is 0.704 bits per heavy atom. The van der Waals surface area contributed by atoms with Crippen LogP contribution in [-0.4, -0.2) is 23.7 Å². The molecule has 14 aromatic rings. The summed E-state index contributed by atoms with van der Waals surface area (Å²) in [6, 6.07) is 81.4. The zero-order valence-electron chi connectivity index (χ0n) is 38.2. The van der Waals surface area contributed by atoms with Gasteiger partial charge >= 0.3 is 0 Å². The zero-order chi connectivity index (χ0) is 46.4. The Balaban J connectivity index is 0.874. The first-order chi connectivity index (χ1) is 35.2. The molecular weight excluding hydrogens is 867 g/mol. The lowest BCUT2D eigenvalue weighted by Gasteiger charge is -2.39. The number of hydrogen-bond donors (Lipinski definition) is 0. The van der Waals surface area contributed by atoms with Crippen molar-refractivity contribution >= 4 is 65.4 Å². The molecule has 0 bridgehead atoms. The molecular formula is C65H39N5O. The van der Waals surface area contributed by atoms with Crippen LogP contribution in [0.5, 0.6) is 11.5 Å². The second kappa shape index (κ2) is 14.3. The molecule has 1 spiro atoms. The fourth-order valence-electron chi connectivity index (χ4n) is 12.5. The maximum Gasteiger partial charge on any atom is 0.134 e.